The van der Waals surface area contributed by atoms with Crippen molar-refractivity contribution in [2.24, 2.45) is 5.14 Å². The normalized spacial score (nSPS) is 13.1. The number of alkyl halides is 5. The Morgan fingerprint density at radius 3 is 2.15 bits per heavy atom. The van der Waals surface area contributed by atoms with Gasteiger partial charge in [0.05, 0.1) is 4.90 Å². The average molecular weight is 318 g/mol. The number of hydrogen-bond acceptors (Lipinski definition) is 3. The summed E-state index contributed by atoms with van der Waals surface area (Å²) in [4.78, 5) is 10.3. The molecule has 0 aliphatic carbocycles. The Labute approximate surface area is 109 Å². The molecule has 0 fully saturated rings. The van der Waals surface area contributed by atoms with Crippen LogP contribution < -0.4 is 10.5 Å². The Balaban J connectivity index is 3.04. The summed E-state index contributed by atoms with van der Waals surface area (Å²) in [5.41, 5.74) is -0.564. The fourth-order valence-electron chi connectivity index (χ4n) is 1.09. The highest BCUT2D eigenvalue weighted by Gasteiger charge is 2.63. The number of amides is 1. The minimum Gasteiger partial charge on any atom is -0.320 e. The summed E-state index contributed by atoms with van der Waals surface area (Å²) in [6.07, 6.45) is -6.06. The van der Waals surface area contributed by atoms with Gasteiger partial charge in [-0.05, 0) is 18.2 Å². The number of benzene rings is 1. The molecule has 11 heteroatoms. The van der Waals surface area contributed by atoms with Crippen LogP contribution in [0.15, 0.2) is 29.2 Å². The monoisotopic (exact) mass is 318 g/mol. The van der Waals surface area contributed by atoms with Crippen LogP contribution in [-0.4, -0.2) is 26.4 Å². The first-order chi connectivity index (χ1) is 8.85. The van der Waals surface area contributed by atoms with Crippen molar-refractivity contribution in [3.63, 3.8) is 0 Å². The standard InChI is InChI=1S/C9H7F5N2O3S/c10-8(11,9(12,13)14)7(17)16-5-2-1-3-6(4-5)20(15,18)19/h1-4H,(H,16,17)(H2,15,18,19). The van der Waals surface area contributed by atoms with Crippen molar-refractivity contribution in [1.82, 2.24) is 0 Å². The van der Waals surface area contributed by atoms with Gasteiger partial charge in [0.15, 0.2) is 0 Å². The summed E-state index contributed by atoms with van der Waals surface area (Å²) in [6, 6.07) is 3.58. The number of primary sulfonamides is 1. The first kappa shape index (κ1) is 16.3. The van der Waals surface area contributed by atoms with Crippen molar-refractivity contribution in [2.45, 2.75) is 17.0 Å². The number of hydrogen-bond donors (Lipinski definition) is 2. The molecule has 112 valence electrons. The molecule has 0 aliphatic heterocycles. The molecule has 3 N–H and O–H groups in total. The molecule has 5 nitrogen and oxygen atoms in total. The fraction of sp³-hybridized carbons (Fsp3) is 0.222. The number of carbonyl (C=O) groups is 1. The maximum atomic E-state index is 12.7. The lowest BCUT2D eigenvalue weighted by molar-refractivity contribution is -0.267. The van der Waals surface area contributed by atoms with Gasteiger partial charge in [-0.3, -0.25) is 4.79 Å². The van der Waals surface area contributed by atoms with Crippen LogP contribution in [0, 0.1) is 0 Å². The largest absolute Gasteiger partial charge is 0.463 e. The third kappa shape index (κ3) is 3.42. The van der Waals surface area contributed by atoms with Gasteiger partial charge in [-0.15, -0.1) is 0 Å². The van der Waals surface area contributed by atoms with Gasteiger partial charge >= 0.3 is 18.0 Å². The van der Waals surface area contributed by atoms with Gasteiger partial charge in [-0.25, -0.2) is 13.6 Å². The molecule has 0 atom stereocenters. The Morgan fingerprint density at radius 2 is 1.70 bits per heavy atom. The van der Waals surface area contributed by atoms with Gasteiger partial charge in [0.2, 0.25) is 10.0 Å². The molecule has 0 aromatic heterocycles. The molecular formula is C9H7F5N2O3S. The second-order valence-electron chi connectivity index (χ2n) is 3.60. The number of nitrogens with two attached hydrogens (primary N) is 1. The summed E-state index contributed by atoms with van der Waals surface area (Å²) < 4.78 is 83.0. The van der Waals surface area contributed by atoms with Crippen LogP contribution in [0.5, 0.6) is 0 Å². The van der Waals surface area contributed by atoms with E-state index in [1.807, 2.05) is 0 Å². The highest BCUT2D eigenvalue weighted by molar-refractivity contribution is 7.89. The number of rotatable bonds is 3. The van der Waals surface area contributed by atoms with Crippen LogP contribution in [0.2, 0.25) is 0 Å². The van der Waals surface area contributed by atoms with Crippen molar-refractivity contribution in [1.29, 1.82) is 0 Å². The van der Waals surface area contributed by atoms with E-state index in [0.29, 0.717) is 6.07 Å². The predicted molar refractivity (Wildman–Crippen MR) is 57.4 cm³/mol. The quantitative estimate of drug-likeness (QED) is 0.827. The van der Waals surface area contributed by atoms with Crippen molar-refractivity contribution >= 4 is 21.6 Å². The maximum absolute atomic E-state index is 12.7. The van der Waals surface area contributed by atoms with Gasteiger partial charge < -0.3 is 5.32 Å². The zero-order valence-electron chi connectivity index (χ0n) is 9.41. The summed E-state index contributed by atoms with van der Waals surface area (Å²) >= 11 is 0. The fourth-order valence-corrected chi connectivity index (χ4v) is 1.65. The molecule has 20 heavy (non-hydrogen) atoms. The molecule has 1 amide bonds. The topological polar surface area (TPSA) is 89.3 Å². The summed E-state index contributed by atoms with van der Waals surface area (Å²) in [5.74, 6) is -8.23. The molecule has 1 aromatic carbocycles. The molecule has 0 unspecified atom stereocenters. The summed E-state index contributed by atoms with van der Waals surface area (Å²) in [7, 11) is -4.19. The number of halogens is 5. The molecule has 0 heterocycles. The number of sulfonamides is 1. The highest BCUT2D eigenvalue weighted by atomic mass is 32.2. The Morgan fingerprint density at radius 1 is 1.15 bits per heavy atom. The SMILES string of the molecule is NS(=O)(=O)c1cccc(NC(=O)C(F)(F)C(F)(F)F)c1. The zero-order chi connectivity index (χ0) is 15.8. The smallest absolute Gasteiger partial charge is 0.320 e. The molecule has 0 aliphatic rings. The van der Waals surface area contributed by atoms with Crippen LogP contribution in [0.3, 0.4) is 0 Å². The molecule has 0 radical (unpaired) electrons. The molecule has 0 saturated carbocycles. The van der Waals surface area contributed by atoms with Gasteiger partial charge in [-0.2, -0.15) is 22.0 Å². The first-order valence-electron chi connectivity index (χ1n) is 4.74. The van der Waals surface area contributed by atoms with Gasteiger partial charge in [-0.1, -0.05) is 6.07 Å². The predicted octanol–water partition coefficient (Wildman–Crippen LogP) is 1.47. The molecule has 0 saturated heterocycles. The molecular weight excluding hydrogens is 311 g/mol. The molecule has 0 bridgehead atoms. The van der Waals surface area contributed by atoms with E-state index in [9.17, 15) is 35.2 Å². The number of anilines is 1. The van der Waals surface area contributed by atoms with Crippen LogP contribution in [0.25, 0.3) is 0 Å². The molecule has 1 aromatic rings. The highest BCUT2D eigenvalue weighted by Crippen LogP contribution is 2.36. The minimum absolute atomic E-state index is 0.550. The lowest BCUT2D eigenvalue weighted by atomic mass is 10.2. The first-order valence-corrected chi connectivity index (χ1v) is 6.29. The molecule has 1 rings (SSSR count). The zero-order valence-corrected chi connectivity index (χ0v) is 10.2. The Hall–Kier alpha value is -1.75. The van der Waals surface area contributed by atoms with E-state index in [-0.39, 0.29) is 0 Å². The van der Waals surface area contributed by atoms with Crippen molar-refractivity contribution in [2.75, 3.05) is 5.32 Å². The third-order valence-electron chi connectivity index (χ3n) is 2.06. The second-order valence-corrected chi connectivity index (χ2v) is 5.16. The van der Waals surface area contributed by atoms with Gasteiger partial charge in [0.25, 0.3) is 0 Å². The van der Waals surface area contributed by atoms with Crippen LogP contribution in [-0.2, 0) is 14.8 Å². The Kier molecular flexibility index (Phi) is 4.06. The van der Waals surface area contributed by atoms with Gasteiger partial charge in [0, 0.05) is 5.69 Å². The third-order valence-corrected chi connectivity index (χ3v) is 2.97. The lowest BCUT2D eigenvalue weighted by Crippen LogP contribution is -2.47. The summed E-state index contributed by atoms with van der Waals surface area (Å²) in [5, 5.41) is 6.02. The number of nitrogens with one attached hydrogen (secondary N) is 1. The average Bonchev–Trinajstić information content (AvgIpc) is 2.26. The van der Waals surface area contributed by atoms with E-state index in [2.05, 4.69) is 0 Å². The summed E-state index contributed by atoms with van der Waals surface area (Å²) in [6.45, 7) is 0. The van der Waals surface area contributed by atoms with Crippen molar-refractivity contribution in [3.05, 3.63) is 24.3 Å². The van der Waals surface area contributed by atoms with E-state index in [1.54, 1.807) is 0 Å². The van der Waals surface area contributed by atoms with E-state index < -0.39 is 38.6 Å². The van der Waals surface area contributed by atoms with E-state index in [0.717, 1.165) is 18.2 Å². The van der Waals surface area contributed by atoms with Crippen LogP contribution in [0.4, 0.5) is 27.6 Å². The van der Waals surface area contributed by atoms with Gasteiger partial charge in [0.1, 0.15) is 0 Å². The number of carbonyl (C=O) groups excluding carboxylic acids is 1. The van der Waals surface area contributed by atoms with E-state index in [1.165, 1.54) is 5.32 Å². The van der Waals surface area contributed by atoms with E-state index >= 15 is 0 Å². The van der Waals surface area contributed by atoms with Crippen LogP contribution >= 0.6 is 0 Å². The minimum atomic E-state index is -6.06. The van der Waals surface area contributed by atoms with Crippen LogP contribution in [0.1, 0.15) is 0 Å². The lowest BCUT2D eigenvalue weighted by Gasteiger charge is -2.18. The van der Waals surface area contributed by atoms with E-state index in [4.69, 9.17) is 5.14 Å². The second kappa shape index (κ2) is 4.98. The maximum Gasteiger partial charge on any atom is 0.463 e. The van der Waals surface area contributed by atoms with Crippen molar-refractivity contribution < 1.29 is 35.2 Å². The molecule has 0 spiro atoms. The van der Waals surface area contributed by atoms with Crippen molar-refractivity contribution in [3.8, 4) is 0 Å². The Bertz CT molecular complexity index is 627.